The summed E-state index contributed by atoms with van der Waals surface area (Å²) in [5, 5.41) is 19.5. The van der Waals surface area contributed by atoms with Crippen molar-refractivity contribution >= 4 is 27.8 Å². The van der Waals surface area contributed by atoms with E-state index < -0.39 is 22.3 Å². The minimum absolute atomic E-state index is 0.0593. The van der Waals surface area contributed by atoms with Crippen LogP contribution < -0.4 is 4.72 Å². The van der Waals surface area contributed by atoms with Gasteiger partial charge in [0.05, 0.1) is 29.3 Å². The summed E-state index contributed by atoms with van der Waals surface area (Å²) in [6.45, 7) is 2.09. The van der Waals surface area contributed by atoms with Gasteiger partial charge in [-0.1, -0.05) is 73.7 Å². The predicted octanol–water partition coefficient (Wildman–Crippen LogP) is 5.33. The molecular weight excluding hydrogens is 588 g/mol. The Hall–Kier alpha value is -3.58. The van der Waals surface area contributed by atoms with Gasteiger partial charge in [0.2, 0.25) is 10.0 Å². The zero-order valence-electron chi connectivity index (χ0n) is 23.4. The van der Waals surface area contributed by atoms with Gasteiger partial charge in [-0.25, -0.2) is 22.9 Å². The van der Waals surface area contributed by atoms with Gasteiger partial charge in [-0.05, 0) is 41.0 Å². The highest BCUT2D eigenvalue weighted by atomic mass is 32.2. The number of sulfonamides is 1. The average molecular weight is 621 g/mol. The summed E-state index contributed by atoms with van der Waals surface area (Å²) in [5.41, 5.74) is 3.40. The summed E-state index contributed by atoms with van der Waals surface area (Å²) in [5.74, 6) is -0.682. The first-order valence-corrected chi connectivity index (χ1v) is 16.2. The number of aromatic carboxylic acids is 1. The number of hydrogen-bond acceptors (Lipinski definition) is 8. The molecule has 2 heterocycles. The second-order valence-corrected chi connectivity index (χ2v) is 12.9. The van der Waals surface area contributed by atoms with Crippen LogP contribution in [0.3, 0.4) is 0 Å². The van der Waals surface area contributed by atoms with E-state index in [2.05, 4.69) is 9.71 Å². The quantitative estimate of drug-likeness (QED) is 0.190. The van der Waals surface area contributed by atoms with Gasteiger partial charge in [0.15, 0.2) is 6.29 Å². The molecule has 11 heteroatoms. The summed E-state index contributed by atoms with van der Waals surface area (Å²) in [4.78, 5) is 16.2. The topological polar surface area (TPSA) is 135 Å². The Morgan fingerprint density at radius 1 is 0.907 bits per heavy atom. The highest BCUT2D eigenvalue weighted by molar-refractivity contribution is 7.99. The third-order valence-electron chi connectivity index (χ3n) is 7.28. The highest BCUT2D eigenvalue weighted by Gasteiger charge is 2.38. The van der Waals surface area contributed by atoms with Crippen molar-refractivity contribution in [2.45, 2.75) is 48.5 Å². The number of carbonyl (C=O) groups is 1. The van der Waals surface area contributed by atoms with Gasteiger partial charge in [-0.15, -0.1) is 11.8 Å². The van der Waals surface area contributed by atoms with Gasteiger partial charge in [-0.2, -0.15) is 0 Å². The molecule has 1 aliphatic rings. The zero-order valence-corrected chi connectivity index (χ0v) is 25.0. The molecule has 9 nitrogen and oxygen atoms in total. The Kier molecular flexibility index (Phi) is 9.91. The number of carboxylic acid groups (broad SMARTS) is 1. The minimum Gasteiger partial charge on any atom is -0.478 e. The maximum absolute atomic E-state index is 12.6. The van der Waals surface area contributed by atoms with Crippen molar-refractivity contribution < 1.29 is 32.9 Å². The number of aliphatic hydroxyl groups excluding tert-OH is 1. The first-order valence-electron chi connectivity index (χ1n) is 13.7. The average Bonchev–Trinajstić information content (AvgIpc) is 3.04. The molecule has 3 N–H and O–H groups in total. The van der Waals surface area contributed by atoms with Crippen LogP contribution in [0, 0.1) is 5.92 Å². The molecule has 4 atom stereocenters. The molecular formula is C32H32N2O7S2. The summed E-state index contributed by atoms with van der Waals surface area (Å²) in [6.07, 6.45) is 0.199. The molecule has 0 saturated carbocycles. The molecule has 0 amide bonds. The molecule has 0 bridgehead atoms. The summed E-state index contributed by atoms with van der Waals surface area (Å²) in [7, 11) is -3.64. The van der Waals surface area contributed by atoms with E-state index in [0.717, 1.165) is 22.3 Å². The van der Waals surface area contributed by atoms with Crippen LogP contribution in [0.1, 0.15) is 51.9 Å². The predicted molar refractivity (Wildman–Crippen MR) is 162 cm³/mol. The third-order valence-corrected chi connectivity index (χ3v) is 9.79. The van der Waals surface area contributed by atoms with Crippen LogP contribution in [0.25, 0.3) is 0 Å². The van der Waals surface area contributed by atoms with Gasteiger partial charge >= 0.3 is 5.97 Å². The number of rotatable bonds is 11. The number of aromatic nitrogens is 1. The Balaban J connectivity index is 1.34. The highest BCUT2D eigenvalue weighted by Crippen LogP contribution is 2.43. The van der Waals surface area contributed by atoms with Crippen molar-refractivity contribution in [2.24, 2.45) is 5.92 Å². The molecule has 1 aromatic heterocycles. The van der Waals surface area contributed by atoms with Crippen LogP contribution in [-0.2, 0) is 32.6 Å². The van der Waals surface area contributed by atoms with Gasteiger partial charge in [0.25, 0.3) is 0 Å². The van der Waals surface area contributed by atoms with Crippen molar-refractivity contribution in [2.75, 3.05) is 5.75 Å². The molecule has 3 aromatic carbocycles. The zero-order chi connectivity index (χ0) is 30.4. The maximum Gasteiger partial charge on any atom is 0.338 e. The Morgan fingerprint density at radius 2 is 1.58 bits per heavy atom. The maximum atomic E-state index is 12.6. The Labute approximate surface area is 255 Å². The molecule has 0 radical (unpaired) electrons. The molecule has 1 saturated heterocycles. The van der Waals surface area contributed by atoms with E-state index in [1.54, 1.807) is 42.6 Å². The molecule has 5 rings (SSSR count). The number of hydrogen-bond donors (Lipinski definition) is 3. The fourth-order valence-corrected chi connectivity index (χ4v) is 6.98. The largest absolute Gasteiger partial charge is 0.478 e. The van der Waals surface area contributed by atoms with E-state index >= 15 is 0 Å². The van der Waals surface area contributed by atoms with Crippen LogP contribution in [-0.4, -0.2) is 41.4 Å². The Morgan fingerprint density at radius 3 is 2.26 bits per heavy atom. The molecule has 43 heavy (non-hydrogen) atoms. The van der Waals surface area contributed by atoms with E-state index in [4.69, 9.17) is 9.47 Å². The summed E-state index contributed by atoms with van der Waals surface area (Å²) < 4.78 is 40.8. The summed E-state index contributed by atoms with van der Waals surface area (Å²) >= 11 is 1.32. The molecule has 224 valence electrons. The van der Waals surface area contributed by atoms with E-state index in [-0.39, 0.29) is 41.7 Å². The number of pyridine rings is 1. The molecule has 4 aromatic rings. The van der Waals surface area contributed by atoms with Crippen molar-refractivity contribution in [1.82, 2.24) is 9.71 Å². The van der Waals surface area contributed by atoms with Crippen molar-refractivity contribution in [1.29, 1.82) is 0 Å². The fraction of sp³-hybridized carbons (Fsp3) is 0.250. The van der Waals surface area contributed by atoms with Crippen LogP contribution in [0.2, 0.25) is 0 Å². The van der Waals surface area contributed by atoms with E-state index in [9.17, 15) is 23.4 Å². The molecule has 0 aliphatic carbocycles. The van der Waals surface area contributed by atoms with Gasteiger partial charge in [0.1, 0.15) is 5.03 Å². The van der Waals surface area contributed by atoms with Gasteiger partial charge in [-0.3, -0.25) is 0 Å². The van der Waals surface area contributed by atoms with Crippen LogP contribution in [0.4, 0.5) is 0 Å². The lowest BCUT2D eigenvalue weighted by molar-refractivity contribution is -0.268. The SMILES string of the molecule is CC1C(CSc2ncccc2C(=O)O)OC(c2ccc(CNS(=O)(=O)c3ccccc3)cc2)OC1c1ccc(CO)cc1. The number of carboxylic acids is 1. The lowest BCUT2D eigenvalue weighted by Crippen LogP contribution is -2.38. The van der Waals surface area contributed by atoms with Crippen LogP contribution in [0.5, 0.6) is 0 Å². The van der Waals surface area contributed by atoms with Crippen molar-refractivity contribution in [3.8, 4) is 0 Å². The van der Waals surface area contributed by atoms with E-state index in [0.29, 0.717) is 10.8 Å². The second kappa shape index (κ2) is 13.8. The number of nitrogens with zero attached hydrogens (tertiary/aromatic N) is 1. The van der Waals surface area contributed by atoms with Gasteiger partial charge in [0, 0.05) is 30.0 Å². The van der Waals surface area contributed by atoms with E-state index in [1.165, 1.54) is 17.8 Å². The van der Waals surface area contributed by atoms with Crippen molar-refractivity contribution in [3.05, 3.63) is 125 Å². The monoisotopic (exact) mass is 620 g/mol. The molecule has 4 unspecified atom stereocenters. The summed E-state index contributed by atoms with van der Waals surface area (Å²) in [6, 6.07) is 26.3. The molecule has 1 fully saturated rings. The standard InChI is InChI=1S/C32H32N2O7S2/c1-21-28(20-42-30-27(31(36)37)8-5-17-33-30)40-32(41-29(21)24-13-11-23(19-35)12-14-24)25-15-9-22(10-16-25)18-34-43(38,39)26-6-3-2-4-7-26/h2-17,21,28-29,32,34-35H,18-20H2,1H3,(H,36,37). The molecule has 1 aliphatic heterocycles. The lowest BCUT2D eigenvalue weighted by atomic mass is 9.91. The lowest BCUT2D eigenvalue weighted by Gasteiger charge is -2.41. The second-order valence-electron chi connectivity index (χ2n) is 10.2. The Bertz CT molecular complexity index is 1630. The van der Waals surface area contributed by atoms with Gasteiger partial charge < -0.3 is 19.7 Å². The number of nitrogens with one attached hydrogen (secondary N) is 1. The number of thioether (sulfide) groups is 1. The minimum atomic E-state index is -3.64. The number of aliphatic hydroxyl groups is 1. The first-order chi connectivity index (χ1) is 20.7. The van der Waals surface area contributed by atoms with Crippen LogP contribution in [0.15, 0.2) is 107 Å². The van der Waals surface area contributed by atoms with Crippen molar-refractivity contribution in [3.63, 3.8) is 0 Å². The normalized spacial score (nSPS) is 20.5. The number of benzene rings is 3. The number of ether oxygens (including phenoxy) is 2. The smallest absolute Gasteiger partial charge is 0.338 e. The molecule has 0 spiro atoms. The first kappa shape index (κ1) is 30.9. The third kappa shape index (κ3) is 7.50. The van der Waals surface area contributed by atoms with E-state index in [1.807, 2.05) is 55.5 Å². The van der Waals surface area contributed by atoms with Crippen LogP contribution >= 0.6 is 11.8 Å². The fourth-order valence-electron chi connectivity index (χ4n) is 4.79.